The van der Waals surface area contributed by atoms with Gasteiger partial charge in [-0.15, -0.1) is 7.99 Å². The largest absolute Gasteiger partial charge is 0.507 e. The lowest BCUT2D eigenvalue weighted by Crippen LogP contribution is -2.49. The molecular formula is C16H10F6N2O10S4. The number of amides is 2. The Labute approximate surface area is 211 Å². The average Bonchev–Trinajstić information content (AvgIpc) is 3.12. The Morgan fingerprint density at radius 3 is 1.61 bits per heavy atom. The van der Waals surface area contributed by atoms with E-state index in [1.54, 1.807) is 0 Å². The first kappa shape index (κ1) is 29.6. The molecule has 2 aromatic carbocycles. The van der Waals surface area contributed by atoms with Crippen molar-refractivity contribution < 1.29 is 70.0 Å². The van der Waals surface area contributed by atoms with E-state index >= 15 is 0 Å². The first-order chi connectivity index (χ1) is 17.2. The van der Waals surface area contributed by atoms with Crippen LogP contribution >= 0.6 is 0 Å². The quantitative estimate of drug-likeness (QED) is 0.375. The molecule has 1 N–H and O–H groups in total. The van der Waals surface area contributed by atoms with Gasteiger partial charge in [0, 0.05) is 0 Å². The van der Waals surface area contributed by atoms with Gasteiger partial charge in [0.25, 0.3) is 42.9 Å². The lowest BCUT2D eigenvalue weighted by molar-refractivity contribution is -0.0584. The molecule has 0 radical (unpaired) electrons. The molecule has 22 heteroatoms. The second-order valence-corrected chi connectivity index (χ2v) is 13.7. The average molecular weight is 633 g/mol. The summed E-state index contributed by atoms with van der Waals surface area (Å²) in [5, 5.41) is 0. The minimum Gasteiger partial charge on any atom is -0.281 e. The maximum Gasteiger partial charge on any atom is 0.507 e. The Kier molecular flexibility index (Phi) is 7.31. The molecule has 12 nitrogen and oxygen atoms in total. The number of hydrogen-bond acceptors (Lipinski definition) is 9. The van der Waals surface area contributed by atoms with E-state index in [2.05, 4.69) is 4.28 Å². The van der Waals surface area contributed by atoms with E-state index in [4.69, 9.17) is 4.55 Å². The first-order valence-electron chi connectivity index (χ1n) is 9.11. The van der Waals surface area contributed by atoms with Crippen molar-refractivity contribution in [1.82, 2.24) is 8.18 Å². The molecule has 38 heavy (non-hydrogen) atoms. The molecule has 1 unspecified atom stereocenters. The molecule has 1 atom stereocenters. The molecule has 2 amide bonds. The highest BCUT2D eigenvalue weighted by Gasteiger charge is 2.56. The highest BCUT2D eigenvalue weighted by atomic mass is 32.3. The monoisotopic (exact) mass is 632 g/mol. The van der Waals surface area contributed by atoms with Gasteiger partial charge in [0.2, 0.25) is 0 Å². The lowest BCUT2D eigenvalue weighted by atomic mass is 10.2. The molecule has 0 saturated heterocycles. The van der Waals surface area contributed by atoms with Gasteiger partial charge in [0.05, 0.1) is 11.1 Å². The van der Waals surface area contributed by atoms with Crippen LogP contribution in [0.1, 0.15) is 20.7 Å². The van der Waals surface area contributed by atoms with Gasteiger partial charge in [0.1, 0.15) is 9.79 Å². The zero-order valence-electron chi connectivity index (χ0n) is 17.6. The Morgan fingerprint density at radius 1 is 0.789 bits per heavy atom. The molecule has 2 aliphatic rings. The fourth-order valence-electron chi connectivity index (χ4n) is 2.89. The number of halogens is 6. The number of carbonyl (C=O) groups is 2. The molecule has 0 fully saturated rings. The van der Waals surface area contributed by atoms with Crippen molar-refractivity contribution in [2.45, 2.75) is 20.8 Å². The third-order valence-corrected chi connectivity index (χ3v) is 11.0. The number of hydrogen-bond donors (Lipinski definition) is 2. The summed E-state index contributed by atoms with van der Waals surface area (Å²) in [6.45, 7) is 0. The highest BCUT2D eigenvalue weighted by Crippen LogP contribution is 2.41. The number of fused-ring (bicyclic) bond motifs is 2. The predicted molar refractivity (Wildman–Crippen MR) is 113 cm³/mol. The summed E-state index contributed by atoms with van der Waals surface area (Å²) in [6.07, 6.45) is 0. The Hall–Kier alpha value is -2.92. The van der Waals surface area contributed by atoms with E-state index in [0.717, 1.165) is 24.3 Å². The van der Waals surface area contributed by atoms with Gasteiger partial charge < -0.3 is 0 Å². The number of benzene rings is 2. The third kappa shape index (κ3) is 4.82. The van der Waals surface area contributed by atoms with Crippen LogP contribution in [-0.2, 0) is 45.8 Å². The maximum atomic E-state index is 12.5. The van der Waals surface area contributed by atoms with Crippen LogP contribution in [0, 0.1) is 0 Å². The minimum atomic E-state index is -6.39. The number of nitrogens with zero attached hydrogens (tertiary/aromatic N) is 2. The molecule has 0 aliphatic carbocycles. The van der Waals surface area contributed by atoms with E-state index in [9.17, 15) is 61.2 Å². The number of sulfonamides is 2. The topological polar surface area (TPSA) is 172 Å². The van der Waals surface area contributed by atoms with E-state index in [1.807, 2.05) is 0 Å². The van der Waals surface area contributed by atoms with E-state index < -0.39 is 87.9 Å². The molecule has 2 aromatic rings. The molecular weight excluding hydrogens is 622 g/mol. The molecule has 2 aliphatic heterocycles. The van der Waals surface area contributed by atoms with Crippen LogP contribution in [0.25, 0.3) is 0 Å². The third-order valence-electron chi connectivity index (χ3n) is 4.48. The van der Waals surface area contributed by atoms with Crippen molar-refractivity contribution in [2.75, 3.05) is 0 Å². The minimum absolute atomic E-state index is 0.346. The molecule has 0 spiro atoms. The number of rotatable bonds is 3. The first-order valence-corrected chi connectivity index (χ1v) is 14.7. The second kappa shape index (κ2) is 9.37. The van der Waals surface area contributed by atoms with Gasteiger partial charge in [0.15, 0.2) is 0 Å². The molecule has 4 rings (SSSR count). The van der Waals surface area contributed by atoms with Crippen LogP contribution in [0.15, 0.2) is 58.3 Å². The second-order valence-electron chi connectivity index (χ2n) is 6.85. The fraction of sp³-hybridized carbons (Fsp3) is 0.125. The van der Waals surface area contributed by atoms with Gasteiger partial charge in [-0.2, -0.15) is 47.4 Å². The maximum absolute atomic E-state index is 12.5. The lowest BCUT2D eigenvalue weighted by Gasteiger charge is -2.32. The molecule has 210 valence electrons. The van der Waals surface area contributed by atoms with Crippen LogP contribution in [0.5, 0.6) is 0 Å². The molecule has 0 aromatic heterocycles. The summed E-state index contributed by atoms with van der Waals surface area (Å²) in [6, 6.07) is 9.01. The standard InChI is InChI=1S/C8H6F3NO5S2.C8H4F3NO5S2/c9-8(10,11)19(16,17)12-7(13)5-3-1-2-4-6(5)18(12,14)15;9-8(10,11)18(14)17-12-7(13)5-3-1-2-4-6(5)19(12,15)16/h1-4,19H,(H,16,17);1-4H. The smallest absolute Gasteiger partial charge is 0.281 e. The van der Waals surface area contributed by atoms with Crippen molar-refractivity contribution in [3.8, 4) is 0 Å². The number of alkyl halides is 6. The van der Waals surface area contributed by atoms with E-state index in [1.165, 1.54) is 24.3 Å². The van der Waals surface area contributed by atoms with Crippen LogP contribution < -0.4 is 0 Å². The molecule has 0 bridgehead atoms. The summed E-state index contributed by atoms with van der Waals surface area (Å²) in [7, 11) is -16.0. The van der Waals surface area contributed by atoms with Gasteiger partial charge >= 0.3 is 11.0 Å². The molecule has 0 saturated carbocycles. The predicted octanol–water partition coefficient (Wildman–Crippen LogP) is 1.70. The van der Waals surface area contributed by atoms with Crippen LogP contribution in [0.4, 0.5) is 26.3 Å². The summed E-state index contributed by atoms with van der Waals surface area (Å²) in [5.74, 6) is -2.99. The normalized spacial score (nSPS) is 19.3. The SMILES string of the molecule is O=C1c2ccccc2S(=O)(=O)N1OS(=O)C(F)(F)F.O=C1c2ccccc2S(=O)(=O)N1[SH](=O)(O)C(F)(F)F. The van der Waals surface area contributed by atoms with Crippen molar-refractivity contribution in [1.29, 1.82) is 0 Å². The highest BCUT2D eigenvalue weighted by molar-refractivity contribution is 8.09. The zero-order valence-corrected chi connectivity index (χ0v) is 20.9. The number of thiol groups is 1. The number of carbonyl (C=O) groups excluding carboxylic acids is 2. The molecule has 2 heterocycles. The van der Waals surface area contributed by atoms with E-state index in [0.29, 0.717) is 0 Å². The van der Waals surface area contributed by atoms with Crippen molar-refractivity contribution in [3.63, 3.8) is 0 Å². The summed E-state index contributed by atoms with van der Waals surface area (Å²) in [4.78, 5) is 22.0. The number of hydroxylamine groups is 1. The van der Waals surface area contributed by atoms with Crippen LogP contribution in [-0.4, -0.2) is 60.8 Å². The van der Waals surface area contributed by atoms with Crippen LogP contribution in [0.2, 0.25) is 0 Å². The van der Waals surface area contributed by atoms with Crippen molar-refractivity contribution in [3.05, 3.63) is 59.7 Å². The van der Waals surface area contributed by atoms with Crippen LogP contribution in [0.3, 0.4) is 0 Å². The van der Waals surface area contributed by atoms with Gasteiger partial charge in [-0.3, -0.25) is 14.1 Å². The van der Waals surface area contributed by atoms with E-state index in [-0.39, 0.29) is 5.56 Å². The summed E-state index contributed by atoms with van der Waals surface area (Å²) < 4.78 is 154. The van der Waals surface area contributed by atoms with Gasteiger partial charge in [-0.25, -0.2) is 4.21 Å². The Balaban J connectivity index is 0.000000211. The Bertz CT molecular complexity index is 1620. The Morgan fingerprint density at radius 2 is 1.21 bits per heavy atom. The fourth-order valence-corrected chi connectivity index (χ4v) is 8.28. The summed E-state index contributed by atoms with van der Waals surface area (Å²) in [5.41, 5.74) is -12.0. The van der Waals surface area contributed by atoms with Gasteiger partial charge in [-0.05, 0) is 34.7 Å². The van der Waals surface area contributed by atoms with Gasteiger partial charge in [-0.1, -0.05) is 28.7 Å². The summed E-state index contributed by atoms with van der Waals surface area (Å²) >= 11 is -3.96. The van der Waals surface area contributed by atoms with Crippen molar-refractivity contribution >= 4 is 53.3 Å². The van der Waals surface area contributed by atoms with Crippen molar-refractivity contribution in [2.24, 2.45) is 0 Å². The zero-order chi connectivity index (χ0) is 29.1.